The third-order valence-electron chi connectivity index (χ3n) is 4.94. The summed E-state index contributed by atoms with van der Waals surface area (Å²) in [6.45, 7) is 7.24. The van der Waals surface area contributed by atoms with Crippen LogP contribution in [0.2, 0.25) is 5.02 Å². The lowest BCUT2D eigenvalue weighted by atomic mass is 10.1. The van der Waals surface area contributed by atoms with E-state index in [1.165, 1.54) is 10.9 Å². The SMILES string of the molecule is CC[C@H](C)c1nc2ccc(Br)cc2c(=O)n1N=Cc1cc(Cl)cc(Br)c1OCC(=O)OC(C)C. The Morgan fingerprint density at radius 2 is 1.97 bits per heavy atom. The zero-order chi connectivity index (χ0) is 25.0. The van der Waals surface area contributed by atoms with E-state index in [9.17, 15) is 9.59 Å². The van der Waals surface area contributed by atoms with Crippen molar-refractivity contribution in [2.45, 2.75) is 46.1 Å². The molecular formula is C24H24Br2ClN3O4. The summed E-state index contributed by atoms with van der Waals surface area (Å²) in [4.78, 5) is 30.0. The van der Waals surface area contributed by atoms with Crippen LogP contribution < -0.4 is 10.3 Å². The zero-order valence-corrected chi connectivity index (χ0v) is 23.1. The second-order valence-electron chi connectivity index (χ2n) is 7.94. The lowest BCUT2D eigenvalue weighted by molar-refractivity contribution is -0.149. The topological polar surface area (TPSA) is 82.8 Å². The Balaban J connectivity index is 2.08. The van der Waals surface area contributed by atoms with Gasteiger partial charge in [-0.1, -0.05) is 41.4 Å². The van der Waals surface area contributed by atoms with E-state index in [0.29, 0.717) is 37.5 Å². The van der Waals surface area contributed by atoms with Crippen molar-refractivity contribution < 1.29 is 14.3 Å². The number of carbonyl (C=O) groups excluding carboxylic acids is 1. The molecule has 0 spiro atoms. The van der Waals surface area contributed by atoms with Crippen molar-refractivity contribution in [3.8, 4) is 5.75 Å². The van der Waals surface area contributed by atoms with Gasteiger partial charge in [0.2, 0.25) is 0 Å². The lowest BCUT2D eigenvalue weighted by Crippen LogP contribution is -2.24. The van der Waals surface area contributed by atoms with Gasteiger partial charge in [0.1, 0.15) is 11.6 Å². The fourth-order valence-corrected chi connectivity index (χ4v) is 4.46. The maximum absolute atomic E-state index is 13.3. The van der Waals surface area contributed by atoms with E-state index in [4.69, 9.17) is 26.1 Å². The van der Waals surface area contributed by atoms with E-state index in [2.05, 4.69) is 37.0 Å². The van der Waals surface area contributed by atoms with Crippen molar-refractivity contribution in [3.63, 3.8) is 0 Å². The van der Waals surface area contributed by atoms with E-state index < -0.39 is 5.97 Å². The van der Waals surface area contributed by atoms with Gasteiger partial charge in [-0.05, 0) is 66.5 Å². The highest BCUT2D eigenvalue weighted by Gasteiger charge is 2.17. The predicted octanol–water partition coefficient (Wildman–Crippen LogP) is 6.30. The molecule has 0 aliphatic carbocycles. The molecule has 0 N–H and O–H groups in total. The minimum atomic E-state index is -0.501. The molecule has 0 unspecified atom stereocenters. The van der Waals surface area contributed by atoms with Crippen LogP contribution >= 0.6 is 43.5 Å². The highest BCUT2D eigenvalue weighted by molar-refractivity contribution is 9.10. The number of nitrogens with zero attached hydrogens (tertiary/aromatic N) is 3. The first-order valence-electron chi connectivity index (χ1n) is 10.7. The van der Waals surface area contributed by atoms with Gasteiger partial charge in [-0.25, -0.2) is 9.78 Å². The number of rotatable bonds is 8. The molecule has 2 aromatic carbocycles. The molecule has 0 saturated carbocycles. The molecule has 0 fully saturated rings. The largest absolute Gasteiger partial charge is 0.480 e. The highest BCUT2D eigenvalue weighted by atomic mass is 79.9. The van der Waals surface area contributed by atoms with Crippen LogP contribution in [0.5, 0.6) is 5.75 Å². The number of hydrogen-bond acceptors (Lipinski definition) is 6. The first-order chi connectivity index (χ1) is 16.1. The molecule has 7 nitrogen and oxygen atoms in total. The fraction of sp³-hybridized carbons (Fsp3) is 0.333. The minimum absolute atomic E-state index is 0.00878. The third kappa shape index (κ3) is 6.25. The van der Waals surface area contributed by atoms with Gasteiger partial charge >= 0.3 is 5.97 Å². The molecule has 0 radical (unpaired) electrons. The van der Waals surface area contributed by atoms with Crippen LogP contribution in [0.3, 0.4) is 0 Å². The Bertz CT molecular complexity index is 1310. The average molecular weight is 614 g/mol. The lowest BCUT2D eigenvalue weighted by Gasteiger charge is -2.15. The van der Waals surface area contributed by atoms with Crippen LogP contribution in [0.25, 0.3) is 10.9 Å². The Kier molecular flexibility index (Phi) is 8.89. The monoisotopic (exact) mass is 611 g/mol. The number of ether oxygens (including phenoxy) is 2. The van der Waals surface area contributed by atoms with Crippen LogP contribution in [-0.2, 0) is 9.53 Å². The average Bonchev–Trinajstić information content (AvgIpc) is 2.76. The van der Waals surface area contributed by atoms with E-state index >= 15 is 0 Å². The van der Waals surface area contributed by atoms with Crippen molar-refractivity contribution >= 4 is 66.5 Å². The minimum Gasteiger partial charge on any atom is -0.480 e. The van der Waals surface area contributed by atoms with E-state index in [0.717, 1.165) is 10.9 Å². The van der Waals surface area contributed by atoms with Gasteiger partial charge in [-0.3, -0.25) is 4.79 Å². The number of aromatic nitrogens is 2. The van der Waals surface area contributed by atoms with E-state index in [1.807, 2.05) is 19.9 Å². The third-order valence-corrected chi connectivity index (χ3v) is 6.24. The maximum atomic E-state index is 13.3. The molecule has 1 atom stereocenters. The van der Waals surface area contributed by atoms with Crippen LogP contribution in [0.4, 0.5) is 0 Å². The van der Waals surface area contributed by atoms with Gasteiger partial charge < -0.3 is 9.47 Å². The number of hydrogen-bond donors (Lipinski definition) is 0. The first-order valence-corrected chi connectivity index (χ1v) is 12.6. The summed E-state index contributed by atoms with van der Waals surface area (Å²) < 4.78 is 13.4. The molecular weight excluding hydrogens is 590 g/mol. The molecule has 0 amide bonds. The summed E-state index contributed by atoms with van der Waals surface area (Å²) in [5.74, 6) is 0.385. The molecule has 3 aromatic rings. The number of fused-ring (bicyclic) bond motifs is 1. The molecule has 0 aliphatic rings. The zero-order valence-electron chi connectivity index (χ0n) is 19.1. The second kappa shape index (κ2) is 11.5. The molecule has 180 valence electrons. The van der Waals surface area contributed by atoms with Gasteiger partial charge in [0.05, 0.1) is 27.7 Å². The van der Waals surface area contributed by atoms with Gasteiger partial charge in [-0.15, -0.1) is 0 Å². The number of esters is 1. The van der Waals surface area contributed by atoms with Gasteiger partial charge in [0.15, 0.2) is 6.61 Å². The second-order valence-corrected chi connectivity index (χ2v) is 10.1. The van der Waals surface area contributed by atoms with Crippen molar-refractivity contribution in [2.75, 3.05) is 6.61 Å². The fourth-order valence-electron chi connectivity index (χ4n) is 3.16. The van der Waals surface area contributed by atoms with Gasteiger partial charge in [-0.2, -0.15) is 9.78 Å². The smallest absolute Gasteiger partial charge is 0.344 e. The Labute approximate surface area is 219 Å². The van der Waals surface area contributed by atoms with Crippen molar-refractivity contribution in [2.24, 2.45) is 5.10 Å². The van der Waals surface area contributed by atoms with Crippen LogP contribution in [0, 0.1) is 0 Å². The van der Waals surface area contributed by atoms with Crippen LogP contribution in [0.1, 0.15) is 51.4 Å². The van der Waals surface area contributed by atoms with Crippen molar-refractivity contribution in [3.05, 3.63) is 66.0 Å². The van der Waals surface area contributed by atoms with E-state index in [1.54, 1.807) is 38.1 Å². The first kappa shape index (κ1) is 26.4. The summed E-state index contributed by atoms with van der Waals surface area (Å²) in [6, 6.07) is 8.66. The molecule has 0 saturated heterocycles. The molecule has 34 heavy (non-hydrogen) atoms. The molecule has 10 heteroatoms. The quantitative estimate of drug-likeness (QED) is 0.220. The van der Waals surface area contributed by atoms with Crippen LogP contribution in [0.15, 0.2) is 49.2 Å². The number of halogens is 3. The van der Waals surface area contributed by atoms with Crippen LogP contribution in [-0.4, -0.2) is 34.6 Å². The predicted molar refractivity (Wildman–Crippen MR) is 141 cm³/mol. The number of carbonyl (C=O) groups is 1. The molecule has 0 aliphatic heterocycles. The summed E-state index contributed by atoms with van der Waals surface area (Å²) in [6.07, 6.45) is 1.99. The normalized spacial score (nSPS) is 12.5. The number of benzene rings is 2. The van der Waals surface area contributed by atoms with E-state index in [-0.39, 0.29) is 24.2 Å². The summed E-state index contributed by atoms with van der Waals surface area (Å²) in [7, 11) is 0. The van der Waals surface area contributed by atoms with Crippen molar-refractivity contribution in [1.29, 1.82) is 0 Å². The molecule has 1 heterocycles. The Morgan fingerprint density at radius 1 is 1.24 bits per heavy atom. The molecule has 0 bridgehead atoms. The molecule has 1 aromatic heterocycles. The van der Waals surface area contributed by atoms with Gasteiger partial charge in [0.25, 0.3) is 5.56 Å². The summed E-state index contributed by atoms with van der Waals surface area (Å²) >= 11 is 13.1. The molecule has 3 rings (SSSR count). The standard InChI is InChI=1S/C24H24Br2ClN3O4/c1-5-14(4)23-29-20-7-6-16(25)9-18(20)24(32)30(23)28-11-15-8-17(27)10-19(26)22(15)33-12-21(31)34-13(2)3/h6-11,13-14H,5,12H2,1-4H3/t14-/m0/s1. The Hall–Kier alpha value is -2.23. The summed E-state index contributed by atoms with van der Waals surface area (Å²) in [5, 5.41) is 5.34. The van der Waals surface area contributed by atoms with Gasteiger partial charge in [0, 0.05) is 21.0 Å². The summed E-state index contributed by atoms with van der Waals surface area (Å²) in [5.41, 5.74) is 0.795. The van der Waals surface area contributed by atoms with Crippen molar-refractivity contribution in [1.82, 2.24) is 9.66 Å². The Morgan fingerprint density at radius 3 is 2.65 bits per heavy atom. The highest BCUT2D eigenvalue weighted by Crippen LogP contribution is 2.32. The maximum Gasteiger partial charge on any atom is 0.344 e.